The zero-order valence-electron chi connectivity index (χ0n) is 2.81. The van der Waals surface area contributed by atoms with Crippen molar-refractivity contribution in [3.8, 4) is 0 Å². The fourth-order valence-electron chi connectivity index (χ4n) is 0.173. The van der Waals surface area contributed by atoms with Crippen LogP contribution >= 0.6 is 0 Å². The van der Waals surface area contributed by atoms with Crippen molar-refractivity contribution in [3.05, 3.63) is 18.6 Å². The van der Waals surface area contributed by atoms with Gasteiger partial charge in [-0.2, -0.15) is 4.39 Å². The lowest BCUT2D eigenvalue weighted by Gasteiger charge is -1.59. The van der Waals surface area contributed by atoms with Gasteiger partial charge in [-0.15, -0.1) is 0 Å². The molecule has 0 aromatic carbocycles. The molecule has 0 aliphatic carbocycles. The molecule has 2 nitrogen and oxygen atoms in total. The van der Waals surface area contributed by atoms with Crippen LogP contribution in [0.5, 0.6) is 0 Å². The summed E-state index contributed by atoms with van der Waals surface area (Å²) in [5.74, 6) is 0. The summed E-state index contributed by atoms with van der Waals surface area (Å²) in [5.41, 5.74) is 0. The van der Waals surface area contributed by atoms with Crippen LogP contribution in [0.25, 0.3) is 0 Å². The Kier molecular flexibility index (Phi) is 0.602. The van der Waals surface area contributed by atoms with Gasteiger partial charge in [0.25, 0.3) is 12.4 Å². The van der Waals surface area contributed by atoms with Gasteiger partial charge in [-0.3, -0.25) is 0 Å². The normalized spacial score (nSPS) is 8.83. The first-order valence-corrected chi connectivity index (χ1v) is 1.37. The molecule has 1 heterocycles. The molecule has 0 spiro atoms. The zero-order chi connectivity index (χ0) is 4.41. The predicted octanol–water partition coefficient (Wildman–Crippen LogP) is 0.614. The molecule has 0 saturated heterocycles. The van der Waals surface area contributed by atoms with Gasteiger partial charge in [-0.05, 0) is 0 Å². The van der Waals surface area contributed by atoms with E-state index in [2.05, 4.69) is 9.40 Å². The van der Waals surface area contributed by atoms with Gasteiger partial charge in [-0.1, -0.05) is 0 Å². The van der Waals surface area contributed by atoms with Crippen molar-refractivity contribution in [2.24, 2.45) is 0 Å². The van der Waals surface area contributed by atoms with E-state index < -0.39 is 6.01 Å². The van der Waals surface area contributed by atoms with Crippen molar-refractivity contribution in [1.82, 2.24) is 4.98 Å². The lowest BCUT2D eigenvalue weighted by atomic mass is 11.0. The van der Waals surface area contributed by atoms with E-state index in [0.29, 0.717) is 0 Å². The van der Waals surface area contributed by atoms with E-state index in [1.807, 2.05) is 6.39 Å². The number of halogens is 1. The van der Waals surface area contributed by atoms with Gasteiger partial charge in [0.2, 0.25) is 0 Å². The molecule has 6 heavy (non-hydrogen) atoms. The number of aromatic nitrogens is 1. The van der Waals surface area contributed by atoms with Gasteiger partial charge in [0, 0.05) is 0 Å². The van der Waals surface area contributed by atoms with E-state index in [0.717, 1.165) is 6.20 Å². The Labute approximate surface area is 33.6 Å². The first-order chi connectivity index (χ1) is 2.89. The highest BCUT2D eigenvalue weighted by molar-refractivity contribution is 4.62. The van der Waals surface area contributed by atoms with E-state index in [1.165, 1.54) is 0 Å². The predicted molar refractivity (Wildman–Crippen MR) is 15.3 cm³/mol. The Hall–Kier alpha value is -0.860. The average molecular weight is 86.0 g/mol. The van der Waals surface area contributed by atoms with Crippen LogP contribution in [-0.2, 0) is 0 Å². The molecule has 31 valence electrons. The SMILES string of the molecule is Fc1cn[c]o1. The van der Waals surface area contributed by atoms with Crippen molar-refractivity contribution < 1.29 is 8.81 Å². The summed E-state index contributed by atoms with van der Waals surface area (Å²) >= 11 is 0. The van der Waals surface area contributed by atoms with Crippen LogP contribution in [0.1, 0.15) is 0 Å². The van der Waals surface area contributed by atoms with Crippen LogP contribution in [0.3, 0.4) is 0 Å². The monoisotopic (exact) mass is 86.0 g/mol. The van der Waals surface area contributed by atoms with Gasteiger partial charge >= 0.3 is 0 Å². The summed E-state index contributed by atoms with van der Waals surface area (Å²) in [7, 11) is 0. The number of hydrogen-bond acceptors (Lipinski definition) is 2. The van der Waals surface area contributed by atoms with Crippen LogP contribution in [0, 0.1) is 12.4 Å². The van der Waals surface area contributed by atoms with Crippen LogP contribution in [0.2, 0.25) is 0 Å². The van der Waals surface area contributed by atoms with Gasteiger partial charge in [0.1, 0.15) is 6.20 Å². The fourth-order valence-corrected chi connectivity index (χ4v) is 0.173. The smallest absolute Gasteiger partial charge is 0.298 e. The molecule has 3 heteroatoms. The molecule has 0 N–H and O–H groups in total. The van der Waals surface area contributed by atoms with Crippen molar-refractivity contribution in [1.29, 1.82) is 0 Å². The lowest BCUT2D eigenvalue weighted by molar-refractivity contribution is 0.353. The third-order valence-corrected chi connectivity index (χ3v) is 0.362. The minimum Gasteiger partial charge on any atom is -0.406 e. The topological polar surface area (TPSA) is 26.0 Å². The molecule has 0 fully saturated rings. The maximum Gasteiger partial charge on any atom is 0.298 e. The van der Waals surface area contributed by atoms with Gasteiger partial charge < -0.3 is 4.42 Å². The Bertz CT molecular complexity index is 114. The van der Waals surface area contributed by atoms with Crippen molar-refractivity contribution in [2.45, 2.75) is 0 Å². The van der Waals surface area contributed by atoms with E-state index in [1.54, 1.807) is 0 Å². The fraction of sp³-hybridized carbons (Fsp3) is 0. The second-order valence-electron chi connectivity index (χ2n) is 0.756. The molecule has 1 radical (unpaired) electrons. The van der Waals surface area contributed by atoms with Crippen LogP contribution in [-0.4, -0.2) is 4.98 Å². The van der Waals surface area contributed by atoms with Crippen LogP contribution < -0.4 is 0 Å². The molecule has 1 aromatic heterocycles. The summed E-state index contributed by atoms with van der Waals surface area (Å²) in [4.78, 5) is 3.16. The van der Waals surface area contributed by atoms with Gasteiger partial charge in [-0.25, -0.2) is 4.98 Å². The first kappa shape index (κ1) is 3.33. The minimum absolute atomic E-state index is 0.699. The van der Waals surface area contributed by atoms with Crippen LogP contribution in [0.15, 0.2) is 10.6 Å². The van der Waals surface area contributed by atoms with Crippen molar-refractivity contribution >= 4 is 0 Å². The van der Waals surface area contributed by atoms with E-state index >= 15 is 0 Å². The third-order valence-electron chi connectivity index (χ3n) is 0.362. The quantitative estimate of drug-likeness (QED) is 0.462. The Morgan fingerprint density at radius 2 is 2.83 bits per heavy atom. The highest BCUT2D eigenvalue weighted by Crippen LogP contribution is 1.87. The second-order valence-corrected chi connectivity index (χ2v) is 0.756. The molecule has 0 unspecified atom stereocenters. The summed E-state index contributed by atoms with van der Waals surface area (Å²) in [5, 5.41) is 0. The molecular weight excluding hydrogens is 85.0 g/mol. The molecule has 1 aromatic rings. The number of nitrogens with zero attached hydrogens (tertiary/aromatic N) is 1. The molecule has 0 aliphatic heterocycles. The van der Waals surface area contributed by atoms with E-state index in [-0.39, 0.29) is 0 Å². The summed E-state index contributed by atoms with van der Waals surface area (Å²) < 4.78 is 15.3. The largest absolute Gasteiger partial charge is 0.406 e. The molecular formula is C3HFNO. The van der Waals surface area contributed by atoms with Crippen LogP contribution in [0.4, 0.5) is 4.39 Å². The molecule has 0 aliphatic rings. The standard InChI is InChI=1S/C3HFNO/c4-3-1-5-2-6-3/h1H. The number of oxazole rings is 1. The maximum atomic E-state index is 11.4. The minimum atomic E-state index is -0.699. The lowest BCUT2D eigenvalue weighted by Crippen LogP contribution is -1.51. The van der Waals surface area contributed by atoms with Crippen molar-refractivity contribution in [3.63, 3.8) is 0 Å². The van der Waals surface area contributed by atoms with Gasteiger partial charge in [0.05, 0.1) is 0 Å². The Balaban J connectivity index is 3.05. The maximum absolute atomic E-state index is 11.4. The molecule has 0 atom stereocenters. The highest BCUT2D eigenvalue weighted by Gasteiger charge is 1.84. The third kappa shape index (κ3) is 0.381. The molecule has 1 rings (SSSR count). The second kappa shape index (κ2) is 1.08. The highest BCUT2D eigenvalue weighted by atomic mass is 19.1. The Morgan fingerprint density at radius 3 is 3.00 bits per heavy atom. The van der Waals surface area contributed by atoms with Gasteiger partial charge in [0.15, 0.2) is 0 Å². The summed E-state index contributed by atoms with van der Waals surface area (Å²) in [6.07, 6.45) is 2.87. The Morgan fingerprint density at radius 1 is 2.00 bits per heavy atom. The van der Waals surface area contributed by atoms with E-state index in [4.69, 9.17) is 0 Å². The average Bonchev–Trinajstić information content (AvgIpc) is 1.86. The molecule has 0 bridgehead atoms. The zero-order valence-corrected chi connectivity index (χ0v) is 2.81. The number of hydrogen-bond donors (Lipinski definition) is 0. The summed E-state index contributed by atoms with van der Waals surface area (Å²) in [6, 6.07) is -0.699. The van der Waals surface area contributed by atoms with E-state index in [9.17, 15) is 4.39 Å². The van der Waals surface area contributed by atoms with Crippen molar-refractivity contribution in [2.75, 3.05) is 0 Å². The molecule has 0 saturated carbocycles. The molecule has 0 amide bonds. The number of rotatable bonds is 0. The first-order valence-electron chi connectivity index (χ1n) is 1.37. The summed E-state index contributed by atoms with van der Waals surface area (Å²) in [6.45, 7) is 0.